The Morgan fingerprint density at radius 1 is 0.615 bits per heavy atom. The van der Waals surface area contributed by atoms with Crippen molar-refractivity contribution in [2.75, 3.05) is 103 Å². The van der Waals surface area contributed by atoms with Gasteiger partial charge in [-0.3, -0.25) is 9.80 Å². The molecule has 3 fully saturated rings. The first-order valence-corrected chi connectivity index (χ1v) is 11.2. The van der Waals surface area contributed by atoms with E-state index in [1.54, 1.807) is 0 Å². The Labute approximate surface area is 168 Å². The highest BCUT2D eigenvalue weighted by Gasteiger charge is 2.45. The molecule has 3 aliphatic heterocycles. The molecule has 8 heteroatoms. The van der Waals surface area contributed by atoms with Gasteiger partial charge in [-0.2, -0.15) is 0 Å². The molecule has 2 N–H and O–H groups in total. The zero-order valence-corrected chi connectivity index (χ0v) is 17.4. The summed E-state index contributed by atoms with van der Waals surface area (Å²) in [4.78, 5) is 4.74. The van der Waals surface area contributed by atoms with E-state index in [1.807, 2.05) is 0 Å². The van der Waals surface area contributed by atoms with Crippen LogP contribution >= 0.6 is 23.2 Å². The maximum atomic E-state index is 9.76. The van der Waals surface area contributed by atoms with Crippen LogP contribution in [0.3, 0.4) is 0 Å². The van der Waals surface area contributed by atoms with Crippen molar-refractivity contribution < 1.29 is 19.2 Å². The summed E-state index contributed by atoms with van der Waals surface area (Å²) >= 11 is 11.5. The predicted molar refractivity (Wildman–Crippen MR) is 106 cm³/mol. The third-order valence-corrected chi connectivity index (χ3v) is 7.67. The number of hydrogen-bond donors (Lipinski definition) is 2. The summed E-state index contributed by atoms with van der Waals surface area (Å²) in [5.41, 5.74) is 0. The van der Waals surface area contributed by atoms with Gasteiger partial charge in [0.05, 0.1) is 38.4 Å². The van der Waals surface area contributed by atoms with E-state index in [2.05, 4.69) is 9.80 Å². The normalized spacial score (nSPS) is 29.1. The Balaban J connectivity index is 1.42. The molecule has 0 aromatic carbocycles. The third-order valence-electron chi connectivity index (χ3n) is 6.95. The van der Waals surface area contributed by atoms with E-state index in [1.165, 1.54) is 61.3 Å². The first-order valence-electron chi connectivity index (χ1n) is 10.1. The van der Waals surface area contributed by atoms with E-state index in [-0.39, 0.29) is 0 Å². The average Bonchev–Trinajstić information content (AvgIpc) is 2.68. The molecule has 2 atom stereocenters. The zero-order chi connectivity index (χ0) is 18.6. The van der Waals surface area contributed by atoms with Crippen molar-refractivity contribution in [2.45, 2.75) is 12.2 Å². The Bertz CT molecular complexity index is 389. The molecule has 0 aliphatic carbocycles. The average molecular weight is 411 g/mol. The van der Waals surface area contributed by atoms with E-state index in [0.29, 0.717) is 24.8 Å². The molecule has 0 unspecified atom stereocenters. The van der Waals surface area contributed by atoms with Crippen LogP contribution in [0.2, 0.25) is 0 Å². The lowest BCUT2D eigenvalue weighted by Crippen LogP contribution is -2.73. The third kappa shape index (κ3) is 5.23. The number of aliphatic hydroxyl groups is 2. The molecular formula is C18H36Cl2N4O2+2. The van der Waals surface area contributed by atoms with Gasteiger partial charge in [0.2, 0.25) is 0 Å². The lowest BCUT2D eigenvalue weighted by molar-refractivity contribution is -1.03. The van der Waals surface area contributed by atoms with Crippen LogP contribution in [0.15, 0.2) is 0 Å². The number of hydrogen-bond acceptors (Lipinski definition) is 4. The van der Waals surface area contributed by atoms with Crippen LogP contribution < -0.4 is 0 Å². The highest BCUT2D eigenvalue weighted by atomic mass is 35.5. The molecule has 2 spiro atoms. The molecular weight excluding hydrogens is 375 g/mol. The van der Waals surface area contributed by atoms with Crippen LogP contribution in [-0.2, 0) is 0 Å². The van der Waals surface area contributed by atoms with Crippen molar-refractivity contribution in [1.82, 2.24) is 9.80 Å². The minimum Gasteiger partial charge on any atom is -0.391 e. The van der Waals surface area contributed by atoms with Gasteiger partial charge in [-0.05, 0) is 0 Å². The molecule has 3 aliphatic rings. The number of rotatable bonds is 6. The van der Waals surface area contributed by atoms with E-state index in [9.17, 15) is 10.2 Å². The van der Waals surface area contributed by atoms with Crippen LogP contribution in [-0.4, -0.2) is 145 Å². The Morgan fingerprint density at radius 2 is 0.923 bits per heavy atom. The molecule has 0 amide bonds. The summed E-state index contributed by atoms with van der Waals surface area (Å²) in [7, 11) is 0. The topological polar surface area (TPSA) is 46.9 Å². The fourth-order valence-electron chi connectivity index (χ4n) is 4.89. The molecule has 26 heavy (non-hydrogen) atoms. The zero-order valence-electron chi connectivity index (χ0n) is 15.9. The lowest BCUT2D eigenvalue weighted by atomic mass is 10.1. The van der Waals surface area contributed by atoms with Gasteiger partial charge in [-0.25, -0.2) is 0 Å². The number of nitrogens with zero attached hydrogens (tertiary/aromatic N) is 4. The summed E-state index contributed by atoms with van der Waals surface area (Å²) in [5.74, 6) is 0.658. The molecule has 0 radical (unpaired) electrons. The van der Waals surface area contributed by atoms with Gasteiger partial charge in [0.1, 0.15) is 26.2 Å². The highest BCUT2D eigenvalue weighted by Crippen LogP contribution is 2.24. The monoisotopic (exact) mass is 410 g/mol. The van der Waals surface area contributed by atoms with Crippen molar-refractivity contribution in [3.63, 3.8) is 0 Å². The molecule has 0 aromatic rings. The summed E-state index contributed by atoms with van der Waals surface area (Å²) < 4.78 is 2.53. The minimum atomic E-state index is -0.396. The maximum Gasteiger partial charge on any atom is 0.129 e. The van der Waals surface area contributed by atoms with Crippen molar-refractivity contribution in [3.8, 4) is 0 Å². The second-order valence-corrected chi connectivity index (χ2v) is 9.31. The summed E-state index contributed by atoms with van der Waals surface area (Å²) in [6.45, 7) is 15.8. The summed E-state index contributed by atoms with van der Waals surface area (Å²) in [6.07, 6.45) is -0.793. The van der Waals surface area contributed by atoms with Gasteiger partial charge in [0.15, 0.2) is 0 Å². The largest absolute Gasteiger partial charge is 0.391 e. The van der Waals surface area contributed by atoms with Crippen LogP contribution in [0.4, 0.5) is 0 Å². The van der Waals surface area contributed by atoms with E-state index in [0.717, 1.165) is 26.2 Å². The molecule has 3 heterocycles. The van der Waals surface area contributed by atoms with Gasteiger partial charge in [-0.15, -0.1) is 23.2 Å². The SMILES string of the molecule is O[C@H](CCl)CN1CC[N+]2(CC1)CC[N+]1(CCN(C[C@@H](O)CCl)CC1)CC2. The van der Waals surface area contributed by atoms with Gasteiger partial charge >= 0.3 is 0 Å². The number of β-amino-alcohol motifs (C(OH)–C–C–N with tert-alkyl or cyclic N) is 2. The molecule has 152 valence electrons. The first-order chi connectivity index (χ1) is 12.5. The van der Waals surface area contributed by atoms with Crippen LogP contribution in [0.1, 0.15) is 0 Å². The van der Waals surface area contributed by atoms with Gasteiger partial charge in [0, 0.05) is 51.0 Å². The number of alkyl halides is 2. The summed E-state index contributed by atoms with van der Waals surface area (Å²) in [6, 6.07) is 0. The molecule has 0 bridgehead atoms. The van der Waals surface area contributed by atoms with Crippen molar-refractivity contribution in [1.29, 1.82) is 0 Å². The minimum absolute atomic E-state index is 0.329. The van der Waals surface area contributed by atoms with Crippen LogP contribution in [0.25, 0.3) is 0 Å². The second-order valence-electron chi connectivity index (χ2n) is 8.69. The van der Waals surface area contributed by atoms with Gasteiger partial charge < -0.3 is 19.2 Å². The van der Waals surface area contributed by atoms with Crippen molar-refractivity contribution >= 4 is 23.2 Å². The van der Waals surface area contributed by atoms with E-state index >= 15 is 0 Å². The molecule has 3 saturated heterocycles. The number of halogens is 2. The molecule has 0 saturated carbocycles. The Kier molecular flexibility index (Phi) is 7.47. The fraction of sp³-hybridized carbons (Fsp3) is 1.00. The summed E-state index contributed by atoms with van der Waals surface area (Å²) in [5, 5.41) is 19.5. The van der Waals surface area contributed by atoms with Crippen LogP contribution in [0.5, 0.6) is 0 Å². The van der Waals surface area contributed by atoms with Crippen LogP contribution in [0, 0.1) is 0 Å². The second kappa shape index (κ2) is 9.23. The predicted octanol–water partition coefficient (Wildman–Crippen LogP) is -0.536. The quantitative estimate of drug-likeness (QED) is 0.456. The van der Waals surface area contributed by atoms with Crippen molar-refractivity contribution in [3.05, 3.63) is 0 Å². The number of aliphatic hydroxyl groups excluding tert-OH is 2. The Hall–Kier alpha value is 0.340. The number of quaternary nitrogens is 2. The van der Waals surface area contributed by atoms with E-state index in [4.69, 9.17) is 23.2 Å². The molecule has 6 nitrogen and oxygen atoms in total. The standard InChI is InChI=1S/C18H36Cl2N4O2/c19-13-17(25)15-21-1-5-23(6-2-21)9-11-24(12-10-23)7-3-22(4-8-24)16-18(26)14-20/h17-18,25-26H,1-16H2/q+2/t17-,18+. The van der Waals surface area contributed by atoms with Gasteiger partial charge in [-0.1, -0.05) is 0 Å². The smallest absolute Gasteiger partial charge is 0.129 e. The lowest BCUT2D eigenvalue weighted by Gasteiger charge is -2.54. The first kappa shape index (κ1) is 21.1. The molecule has 0 aromatic heterocycles. The van der Waals surface area contributed by atoms with E-state index < -0.39 is 12.2 Å². The maximum absolute atomic E-state index is 9.76. The Morgan fingerprint density at radius 3 is 1.19 bits per heavy atom. The molecule has 3 rings (SSSR count). The highest BCUT2D eigenvalue weighted by molar-refractivity contribution is 6.18. The van der Waals surface area contributed by atoms with Crippen molar-refractivity contribution in [2.24, 2.45) is 0 Å². The fourth-order valence-corrected chi connectivity index (χ4v) is 5.08. The number of piperazine rings is 3. The van der Waals surface area contributed by atoms with Gasteiger partial charge in [0.25, 0.3) is 0 Å².